The molecule has 21 heavy (non-hydrogen) atoms. The van der Waals surface area contributed by atoms with Crippen LogP contribution in [-0.4, -0.2) is 20.6 Å². The zero-order valence-electron chi connectivity index (χ0n) is 11.6. The molecule has 0 fully saturated rings. The normalized spacial score (nSPS) is 16.4. The SMILES string of the molecule is Cn1c2c(c(=O)n(C)c1=O)C(c1ccccc1O)N=CN2. The third-order valence-electron chi connectivity index (χ3n) is 3.63. The number of phenols is 1. The lowest BCUT2D eigenvalue weighted by Gasteiger charge is -2.23. The maximum atomic E-state index is 12.4. The highest BCUT2D eigenvalue weighted by atomic mass is 16.3. The summed E-state index contributed by atoms with van der Waals surface area (Å²) in [7, 11) is 3.00. The predicted octanol–water partition coefficient (Wildman–Crippen LogP) is 0.333. The van der Waals surface area contributed by atoms with Gasteiger partial charge >= 0.3 is 5.69 Å². The van der Waals surface area contributed by atoms with Crippen LogP contribution in [0, 0.1) is 0 Å². The van der Waals surface area contributed by atoms with E-state index in [0.29, 0.717) is 16.9 Å². The fraction of sp³-hybridized carbons (Fsp3) is 0.214. The first-order chi connectivity index (χ1) is 10.0. The largest absolute Gasteiger partial charge is 0.508 e. The number of aromatic hydroxyl groups is 1. The summed E-state index contributed by atoms with van der Waals surface area (Å²) in [5, 5.41) is 12.8. The molecule has 1 aliphatic heterocycles. The number of nitrogens with zero attached hydrogens (tertiary/aromatic N) is 3. The third kappa shape index (κ3) is 1.85. The summed E-state index contributed by atoms with van der Waals surface area (Å²) < 4.78 is 2.39. The maximum Gasteiger partial charge on any atom is 0.332 e. The fourth-order valence-electron chi connectivity index (χ4n) is 2.49. The smallest absolute Gasteiger partial charge is 0.332 e. The monoisotopic (exact) mass is 286 g/mol. The number of aliphatic imine (C=N–C) groups is 1. The molecule has 0 saturated heterocycles. The molecule has 2 heterocycles. The first-order valence-electron chi connectivity index (χ1n) is 6.38. The van der Waals surface area contributed by atoms with Crippen molar-refractivity contribution in [2.75, 3.05) is 5.32 Å². The molecule has 1 unspecified atom stereocenters. The van der Waals surface area contributed by atoms with E-state index in [1.807, 2.05) is 0 Å². The summed E-state index contributed by atoms with van der Waals surface area (Å²) >= 11 is 0. The van der Waals surface area contributed by atoms with Crippen molar-refractivity contribution >= 4 is 12.2 Å². The van der Waals surface area contributed by atoms with Gasteiger partial charge in [-0.3, -0.25) is 18.9 Å². The first kappa shape index (κ1) is 13.2. The molecule has 7 nitrogen and oxygen atoms in total. The molecule has 0 saturated carbocycles. The van der Waals surface area contributed by atoms with Crippen molar-refractivity contribution in [2.24, 2.45) is 19.1 Å². The molecule has 7 heteroatoms. The second-order valence-electron chi connectivity index (χ2n) is 4.85. The molecule has 2 N–H and O–H groups in total. The quantitative estimate of drug-likeness (QED) is 0.791. The Morgan fingerprint density at radius 3 is 2.62 bits per heavy atom. The van der Waals surface area contributed by atoms with Crippen LogP contribution >= 0.6 is 0 Å². The number of hydrogen-bond donors (Lipinski definition) is 2. The van der Waals surface area contributed by atoms with Gasteiger partial charge in [0.05, 0.1) is 11.9 Å². The van der Waals surface area contributed by atoms with Gasteiger partial charge in [0.1, 0.15) is 17.6 Å². The number of para-hydroxylation sites is 1. The second kappa shape index (κ2) is 4.62. The Balaban J connectivity index is 2.34. The van der Waals surface area contributed by atoms with E-state index >= 15 is 0 Å². The topological polar surface area (TPSA) is 88.6 Å². The Hall–Kier alpha value is -2.83. The van der Waals surface area contributed by atoms with Gasteiger partial charge in [0.2, 0.25) is 0 Å². The molecule has 1 aromatic heterocycles. The van der Waals surface area contributed by atoms with Gasteiger partial charge in [-0.25, -0.2) is 4.79 Å². The lowest BCUT2D eigenvalue weighted by Crippen LogP contribution is -2.42. The van der Waals surface area contributed by atoms with Crippen LogP contribution in [0.15, 0.2) is 38.8 Å². The fourth-order valence-corrected chi connectivity index (χ4v) is 2.49. The van der Waals surface area contributed by atoms with Crippen LogP contribution in [0.3, 0.4) is 0 Å². The summed E-state index contributed by atoms with van der Waals surface area (Å²) in [6.45, 7) is 0. The lowest BCUT2D eigenvalue weighted by molar-refractivity contribution is 0.465. The number of fused-ring (bicyclic) bond motifs is 1. The van der Waals surface area contributed by atoms with Crippen LogP contribution in [0.5, 0.6) is 5.75 Å². The molecular weight excluding hydrogens is 272 g/mol. The molecule has 0 amide bonds. The van der Waals surface area contributed by atoms with Crippen molar-refractivity contribution in [3.05, 3.63) is 56.2 Å². The number of hydrogen-bond acceptors (Lipinski definition) is 5. The van der Waals surface area contributed by atoms with E-state index in [1.54, 1.807) is 31.3 Å². The zero-order chi connectivity index (χ0) is 15.1. The lowest BCUT2D eigenvalue weighted by atomic mass is 9.98. The first-order valence-corrected chi connectivity index (χ1v) is 6.38. The van der Waals surface area contributed by atoms with Crippen LogP contribution in [0.1, 0.15) is 17.2 Å². The molecule has 0 aliphatic carbocycles. The molecule has 0 radical (unpaired) electrons. The standard InChI is InChI=1S/C14H14N4O3/c1-17-12-10(13(20)18(2)14(17)21)11(15-7-16-12)8-5-3-4-6-9(8)19/h3-7,11,19H,1-2H3,(H,15,16). The number of nitrogens with one attached hydrogen (secondary N) is 1. The van der Waals surface area contributed by atoms with Gasteiger partial charge in [-0.05, 0) is 6.07 Å². The molecule has 1 aliphatic rings. The minimum Gasteiger partial charge on any atom is -0.508 e. The van der Waals surface area contributed by atoms with Crippen molar-refractivity contribution in [3.8, 4) is 5.75 Å². The minimum absolute atomic E-state index is 0.0587. The van der Waals surface area contributed by atoms with Gasteiger partial charge in [0.25, 0.3) is 5.56 Å². The van der Waals surface area contributed by atoms with Crippen LogP contribution in [0.4, 0.5) is 5.82 Å². The van der Waals surface area contributed by atoms with Gasteiger partial charge in [0, 0.05) is 19.7 Å². The predicted molar refractivity (Wildman–Crippen MR) is 79.0 cm³/mol. The van der Waals surface area contributed by atoms with Crippen molar-refractivity contribution in [1.82, 2.24) is 9.13 Å². The summed E-state index contributed by atoms with van der Waals surface area (Å²) in [6, 6.07) is 6.06. The van der Waals surface area contributed by atoms with E-state index in [4.69, 9.17) is 0 Å². The van der Waals surface area contributed by atoms with Gasteiger partial charge in [-0.15, -0.1) is 0 Å². The highest BCUT2D eigenvalue weighted by molar-refractivity contribution is 5.79. The van der Waals surface area contributed by atoms with Crippen molar-refractivity contribution in [3.63, 3.8) is 0 Å². The minimum atomic E-state index is -0.645. The third-order valence-corrected chi connectivity index (χ3v) is 3.63. The molecule has 0 bridgehead atoms. The second-order valence-corrected chi connectivity index (χ2v) is 4.85. The summed E-state index contributed by atoms with van der Waals surface area (Å²) in [6.07, 6.45) is 1.43. The average molecular weight is 286 g/mol. The van der Waals surface area contributed by atoms with Gasteiger partial charge < -0.3 is 10.4 Å². The summed E-state index contributed by atoms with van der Waals surface area (Å²) in [5.74, 6) is 0.453. The Morgan fingerprint density at radius 2 is 1.90 bits per heavy atom. The number of anilines is 1. The van der Waals surface area contributed by atoms with E-state index in [1.165, 1.54) is 18.0 Å². The van der Waals surface area contributed by atoms with Crippen molar-refractivity contribution in [2.45, 2.75) is 6.04 Å². The molecular formula is C14H14N4O3. The van der Waals surface area contributed by atoms with Crippen molar-refractivity contribution in [1.29, 1.82) is 0 Å². The number of rotatable bonds is 1. The van der Waals surface area contributed by atoms with Crippen LogP contribution in [0.25, 0.3) is 0 Å². The van der Waals surface area contributed by atoms with Crippen LogP contribution in [-0.2, 0) is 14.1 Å². The van der Waals surface area contributed by atoms with Gasteiger partial charge in [-0.1, -0.05) is 18.2 Å². The van der Waals surface area contributed by atoms with Gasteiger partial charge in [0.15, 0.2) is 0 Å². The van der Waals surface area contributed by atoms with E-state index in [0.717, 1.165) is 4.57 Å². The summed E-state index contributed by atoms with van der Waals surface area (Å²) in [4.78, 5) is 28.6. The van der Waals surface area contributed by atoms with Gasteiger partial charge in [-0.2, -0.15) is 0 Å². The van der Waals surface area contributed by atoms with Crippen LogP contribution < -0.4 is 16.6 Å². The number of phenolic OH excluding ortho intramolecular Hbond substituents is 1. The molecule has 108 valence electrons. The van der Waals surface area contributed by atoms with E-state index in [-0.39, 0.29) is 5.75 Å². The van der Waals surface area contributed by atoms with E-state index in [9.17, 15) is 14.7 Å². The zero-order valence-corrected chi connectivity index (χ0v) is 11.6. The molecule has 0 spiro atoms. The molecule has 2 aromatic rings. The highest BCUT2D eigenvalue weighted by Gasteiger charge is 2.28. The molecule has 3 rings (SSSR count). The van der Waals surface area contributed by atoms with Crippen LogP contribution in [0.2, 0.25) is 0 Å². The highest BCUT2D eigenvalue weighted by Crippen LogP contribution is 2.34. The summed E-state index contributed by atoms with van der Waals surface area (Å²) in [5.41, 5.74) is 0.0131. The Morgan fingerprint density at radius 1 is 1.19 bits per heavy atom. The maximum absolute atomic E-state index is 12.4. The van der Waals surface area contributed by atoms with Crippen molar-refractivity contribution < 1.29 is 5.11 Å². The van der Waals surface area contributed by atoms with E-state index in [2.05, 4.69) is 10.3 Å². The molecule has 1 atom stereocenters. The average Bonchev–Trinajstić information content (AvgIpc) is 2.50. The van der Waals surface area contributed by atoms with E-state index < -0.39 is 17.3 Å². The Bertz CT molecular complexity index is 863. The Kier molecular flexibility index (Phi) is 2.90. The number of aromatic nitrogens is 2. The Labute approximate surface area is 119 Å². The number of benzene rings is 1. The molecule has 1 aromatic carbocycles.